The van der Waals surface area contributed by atoms with Gasteiger partial charge in [0.05, 0.1) is 11.9 Å². The van der Waals surface area contributed by atoms with Gasteiger partial charge in [-0.05, 0) is 28.7 Å². The van der Waals surface area contributed by atoms with E-state index < -0.39 is 30.1 Å². The number of carbonyl (C=O) groups excluding carboxylic acids is 2. The van der Waals surface area contributed by atoms with E-state index in [-0.39, 0.29) is 25.4 Å². The number of thiazole rings is 1. The average Bonchev–Trinajstić information content (AvgIpc) is 3.47. The first kappa shape index (κ1) is 24.4. The first-order valence-electron chi connectivity index (χ1n) is 11.5. The molecule has 3 N–H and O–H groups in total. The van der Waals surface area contributed by atoms with Crippen molar-refractivity contribution in [3.63, 3.8) is 0 Å². The molecule has 2 amide bonds. The molecule has 1 aliphatic carbocycles. The van der Waals surface area contributed by atoms with Crippen LogP contribution in [0.4, 0.5) is 4.79 Å². The molecule has 4 rings (SSSR count). The Balaban J connectivity index is 1.43. The Morgan fingerprint density at radius 1 is 1.06 bits per heavy atom. The summed E-state index contributed by atoms with van der Waals surface area (Å²) in [7, 11) is 0. The van der Waals surface area contributed by atoms with E-state index in [1.165, 1.54) is 11.3 Å². The largest absolute Gasteiger partial charge is 0.481 e. The summed E-state index contributed by atoms with van der Waals surface area (Å²) in [4.78, 5) is 41.7. The van der Waals surface area contributed by atoms with Gasteiger partial charge in [-0.15, -0.1) is 11.3 Å². The third kappa shape index (κ3) is 5.86. The molecule has 8 nitrogen and oxygen atoms in total. The maximum Gasteiger partial charge on any atom is 0.407 e. The Bertz CT molecular complexity index is 1150. The summed E-state index contributed by atoms with van der Waals surface area (Å²) < 4.78 is 5.60. The van der Waals surface area contributed by atoms with E-state index in [9.17, 15) is 14.4 Å². The lowest BCUT2D eigenvalue weighted by Crippen LogP contribution is -2.51. The molecule has 0 radical (unpaired) electrons. The predicted molar refractivity (Wildman–Crippen MR) is 132 cm³/mol. The summed E-state index contributed by atoms with van der Waals surface area (Å²) in [5.41, 5.74) is 6.10. The highest BCUT2D eigenvalue weighted by Gasteiger charge is 2.30. The molecule has 3 aromatic rings. The van der Waals surface area contributed by atoms with Gasteiger partial charge in [0, 0.05) is 29.5 Å². The third-order valence-corrected chi connectivity index (χ3v) is 6.90. The zero-order chi connectivity index (χ0) is 24.8. The van der Waals surface area contributed by atoms with Crippen LogP contribution in [0.25, 0.3) is 11.1 Å². The van der Waals surface area contributed by atoms with Gasteiger partial charge in [0.1, 0.15) is 12.6 Å². The molecule has 0 saturated heterocycles. The van der Waals surface area contributed by atoms with Gasteiger partial charge in [0.2, 0.25) is 5.91 Å². The zero-order valence-corrected chi connectivity index (χ0v) is 20.1. The number of carboxylic acid groups (broad SMARTS) is 1. The number of aliphatic carboxylic acids is 1. The van der Waals surface area contributed by atoms with Crippen LogP contribution < -0.4 is 10.6 Å². The molecule has 9 heteroatoms. The van der Waals surface area contributed by atoms with Gasteiger partial charge < -0.3 is 20.5 Å². The summed E-state index contributed by atoms with van der Waals surface area (Å²) in [6, 6.07) is 14.6. The SMILES string of the molecule is CC[C@H](CC(=O)O)NC(=O)C(Cc1cncs1)NC(=O)OCC1c2ccccc2-c2ccccc21. The maximum atomic E-state index is 13.0. The normalized spacial score (nSPS) is 13.9. The van der Waals surface area contributed by atoms with Crippen molar-refractivity contribution in [1.29, 1.82) is 0 Å². The van der Waals surface area contributed by atoms with Crippen molar-refractivity contribution in [3.05, 3.63) is 76.2 Å². The van der Waals surface area contributed by atoms with Crippen LogP contribution in [0.1, 0.15) is 41.7 Å². The number of amides is 2. The lowest BCUT2D eigenvalue weighted by Gasteiger charge is -2.22. The Kier molecular flexibility index (Phi) is 7.77. The second-order valence-electron chi connectivity index (χ2n) is 8.41. The van der Waals surface area contributed by atoms with E-state index in [4.69, 9.17) is 9.84 Å². The molecule has 2 aromatic carbocycles. The number of carboxylic acids is 1. The maximum absolute atomic E-state index is 13.0. The smallest absolute Gasteiger partial charge is 0.407 e. The van der Waals surface area contributed by atoms with E-state index >= 15 is 0 Å². The lowest BCUT2D eigenvalue weighted by molar-refractivity contribution is -0.137. The van der Waals surface area contributed by atoms with Gasteiger partial charge in [0.25, 0.3) is 0 Å². The monoisotopic (exact) mass is 493 g/mol. The molecule has 182 valence electrons. The van der Waals surface area contributed by atoms with E-state index in [2.05, 4.69) is 27.8 Å². The zero-order valence-electron chi connectivity index (χ0n) is 19.3. The molecule has 0 fully saturated rings. The minimum atomic E-state index is -0.999. The highest BCUT2D eigenvalue weighted by atomic mass is 32.1. The van der Waals surface area contributed by atoms with Crippen molar-refractivity contribution in [2.45, 2.75) is 44.2 Å². The number of carbonyl (C=O) groups is 3. The first-order valence-corrected chi connectivity index (χ1v) is 12.3. The van der Waals surface area contributed by atoms with Crippen molar-refractivity contribution in [3.8, 4) is 11.1 Å². The quantitative estimate of drug-likeness (QED) is 0.394. The van der Waals surface area contributed by atoms with Crippen LogP contribution in [0.5, 0.6) is 0 Å². The van der Waals surface area contributed by atoms with Gasteiger partial charge in [-0.25, -0.2) is 4.79 Å². The number of rotatable bonds is 10. The number of nitrogens with one attached hydrogen (secondary N) is 2. The molecule has 0 bridgehead atoms. The Hall–Kier alpha value is -3.72. The van der Waals surface area contributed by atoms with Crippen LogP contribution in [0.15, 0.2) is 60.2 Å². The summed E-state index contributed by atoms with van der Waals surface area (Å²) >= 11 is 1.37. The minimum Gasteiger partial charge on any atom is -0.481 e. The fraction of sp³-hybridized carbons (Fsp3) is 0.308. The number of aromatic nitrogens is 1. The Labute approximate surface area is 207 Å². The van der Waals surface area contributed by atoms with E-state index in [0.29, 0.717) is 6.42 Å². The minimum absolute atomic E-state index is 0.0954. The number of fused-ring (bicyclic) bond motifs is 3. The van der Waals surface area contributed by atoms with E-state index in [0.717, 1.165) is 27.1 Å². The van der Waals surface area contributed by atoms with Crippen molar-refractivity contribution in [1.82, 2.24) is 15.6 Å². The highest BCUT2D eigenvalue weighted by Crippen LogP contribution is 2.44. The predicted octanol–water partition coefficient (Wildman–Crippen LogP) is 3.96. The van der Waals surface area contributed by atoms with Gasteiger partial charge in [-0.3, -0.25) is 14.6 Å². The summed E-state index contributed by atoms with van der Waals surface area (Å²) in [5.74, 6) is -1.55. The van der Waals surface area contributed by atoms with E-state index in [1.807, 2.05) is 36.4 Å². The first-order chi connectivity index (χ1) is 17.0. The van der Waals surface area contributed by atoms with E-state index in [1.54, 1.807) is 18.6 Å². The molecular weight excluding hydrogens is 466 g/mol. The van der Waals surface area contributed by atoms with Gasteiger partial charge in [-0.1, -0.05) is 55.5 Å². The lowest BCUT2D eigenvalue weighted by atomic mass is 9.98. The summed E-state index contributed by atoms with van der Waals surface area (Å²) in [6.45, 7) is 1.93. The van der Waals surface area contributed by atoms with Crippen molar-refractivity contribution in [2.24, 2.45) is 0 Å². The van der Waals surface area contributed by atoms with Crippen LogP contribution in [0.2, 0.25) is 0 Å². The highest BCUT2D eigenvalue weighted by molar-refractivity contribution is 7.09. The molecule has 0 aliphatic heterocycles. The van der Waals surface area contributed by atoms with Gasteiger partial charge >= 0.3 is 12.1 Å². The van der Waals surface area contributed by atoms with Gasteiger partial charge in [-0.2, -0.15) is 0 Å². The molecule has 1 heterocycles. The van der Waals surface area contributed by atoms with Crippen molar-refractivity contribution in [2.75, 3.05) is 6.61 Å². The summed E-state index contributed by atoms with van der Waals surface area (Å²) in [6.07, 6.45) is 1.42. The van der Waals surface area contributed by atoms with Crippen LogP contribution in [0.3, 0.4) is 0 Å². The summed E-state index contributed by atoms with van der Waals surface area (Å²) in [5, 5.41) is 14.5. The number of hydrogen-bond acceptors (Lipinski definition) is 6. The molecule has 35 heavy (non-hydrogen) atoms. The second kappa shape index (κ2) is 11.1. The van der Waals surface area contributed by atoms with Crippen LogP contribution in [-0.2, 0) is 20.7 Å². The number of ether oxygens (including phenoxy) is 1. The Morgan fingerprint density at radius 3 is 2.29 bits per heavy atom. The average molecular weight is 494 g/mol. The number of nitrogens with zero attached hydrogens (tertiary/aromatic N) is 1. The standard InChI is InChI=1S/C26H27N3O5S/c1-2-16(11-24(30)31)28-25(32)23(12-17-13-27-15-35-17)29-26(33)34-14-22-20-9-5-3-7-18(20)19-8-4-6-10-21(19)22/h3-10,13,15-16,22-23H,2,11-12,14H2,1H3,(H,28,32)(H,29,33)(H,30,31)/t16-,23?/m1/s1. The molecule has 2 atom stereocenters. The molecule has 1 unspecified atom stereocenters. The number of hydrogen-bond donors (Lipinski definition) is 3. The fourth-order valence-corrected chi connectivity index (χ4v) is 4.99. The molecular formula is C26H27N3O5S. The van der Waals surface area contributed by atoms with Crippen LogP contribution >= 0.6 is 11.3 Å². The third-order valence-electron chi connectivity index (χ3n) is 6.10. The number of benzene rings is 2. The molecule has 1 aliphatic rings. The molecule has 1 aromatic heterocycles. The second-order valence-corrected chi connectivity index (χ2v) is 9.38. The molecule has 0 spiro atoms. The Morgan fingerprint density at radius 2 is 1.71 bits per heavy atom. The molecule has 0 saturated carbocycles. The van der Waals surface area contributed by atoms with Crippen molar-refractivity contribution < 1.29 is 24.2 Å². The fourth-order valence-electron chi connectivity index (χ4n) is 4.35. The number of alkyl carbamates (subject to hydrolysis) is 1. The topological polar surface area (TPSA) is 118 Å². The van der Waals surface area contributed by atoms with Crippen LogP contribution in [-0.4, -0.2) is 46.8 Å². The van der Waals surface area contributed by atoms with Crippen molar-refractivity contribution >= 4 is 29.3 Å². The van der Waals surface area contributed by atoms with Gasteiger partial charge in [0.15, 0.2) is 0 Å². The van der Waals surface area contributed by atoms with Crippen LogP contribution in [0, 0.1) is 0 Å².